The lowest BCUT2D eigenvalue weighted by atomic mass is 10.1. The third kappa shape index (κ3) is 9.44. The van der Waals surface area contributed by atoms with Gasteiger partial charge in [0.15, 0.2) is 11.6 Å². The lowest BCUT2D eigenvalue weighted by molar-refractivity contribution is 0.0265. The molecule has 0 radical (unpaired) electrons. The predicted molar refractivity (Wildman–Crippen MR) is 170 cm³/mol. The van der Waals surface area contributed by atoms with Crippen LogP contribution in [0.2, 0.25) is 10.0 Å². The van der Waals surface area contributed by atoms with Crippen LogP contribution < -0.4 is 15.5 Å². The summed E-state index contributed by atoms with van der Waals surface area (Å²) >= 11 is 12.6. The first-order valence-electron chi connectivity index (χ1n) is 14.6. The highest BCUT2D eigenvalue weighted by molar-refractivity contribution is 6.36. The summed E-state index contributed by atoms with van der Waals surface area (Å²) in [6.45, 7) is 13.6. The summed E-state index contributed by atoms with van der Waals surface area (Å²) in [5, 5.41) is 9.13. The molecule has 0 bridgehead atoms. The van der Waals surface area contributed by atoms with E-state index in [1.807, 2.05) is 36.7 Å². The van der Waals surface area contributed by atoms with Gasteiger partial charge in [0, 0.05) is 47.2 Å². The average molecular weight is 666 g/mol. The molecule has 11 nitrogen and oxygen atoms in total. The molecular formula is C31H39Cl2FN6O5. The normalized spacial score (nSPS) is 15.3. The fourth-order valence-corrected chi connectivity index (χ4v) is 5.39. The number of nitrogens with one attached hydrogen (secondary N) is 2. The minimum absolute atomic E-state index is 0.0979. The van der Waals surface area contributed by atoms with E-state index in [-0.39, 0.29) is 33.2 Å². The van der Waals surface area contributed by atoms with Crippen molar-refractivity contribution in [2.24, 2.45) is 0 Å². The fraction of sp³-hybridized carbons (Fsp3) is 0.484. The first-order valence-corrected chi connectivity index (χ1v) is 15.3. The van der Waals surface area contributed by atoms with Crippen molar-refractivity contribution in [1.82, 2.24) is 25.2 Å². The minimum atomic E-state index is -0.806. The van der Waals surface area contributed by atoms with Crippen LogP contribution in [0, 0.1) is 5.82 Å². The standard InChI is InChI=1S/C31H39Cl2FN6O5/c1-18(25-22(32)8-9-23(34)26(25)33)43-24-14-19(15-35-27(24)37-28(41)44-30(2,3)4)20-16-36-40(17-20)21-10-12-39(13-11-21)38-29(42)45-31(5,6)7/h8-9,14-18,21H,10-13H2,1-7H3,(H,38,42)(H,35,37,41). The van der Waals surface area contributed by atoms with Crippen molar-refractivity contribution in [1.29, 1.82) is 0 Å². The fourth-order valence-electron chi connectivity index (χ4n) is 4.71. The van der Waals surface area contributed by atoms with Gasteiger partial charge in [-0.15, -0.1) is 0 Å². The average Bonchev–Trinajstić information content (AvgIpc) is 3.41. The Morgan fingerprint density at radius 2 is 1.64 bits per heavy atom. The summed E-state index contributed by atoms with van der Waals surface area (Å²) in [7, 11) is 0. The van der Waals surface area contributed by atoms with Gasteiger partial charge >= 0.3 is 12.2 Å². The van der Waals surface area contributed by atoms with Crippen LogP contribution in [0.4, 0.5) is 19.8 Å². The lowest BCUT2D eigenvalue weighted by Crippen LogP contribution is -2.48. The first kappa shape index (κ1) is 34.3. The Bertz CT molecular complexity index is 1530. The van der Waals surface area contributed by atoms with Crippen LogP contribution in [0.25, 0.3) is 11.1 Å². The molecule has 1 atom stereocenters. The molecule has 1 aliphatic heterocycles. The van der Waals surface area contributed by atoms with Crippen LogP contribution in [0.1, 0.15) is 79.0 Å². The molecule has 2 N–H and O–H groups in total. The van der Waals surface area contributed by atoms with Crippen LogP contribution >= 0.6 is 23.2 Å². The number of carbonyl (C=O) groups is 2. The van der Waals surface area contributed by atoms with Crippen LogP contribution in [0.5, 0.6) is 5.75 Å². The third-order valence-corrected chi connectivity index (χ3v) is 7.40. The maximum atomic E-state index is 14.3. The molecular weight excluding hydrogens is 626 g/mol. The first-order chi connectivity index (χ1) is 21.0. The Morgan fingerprint density at radius 3 is 2.29 bits per heavy atom. The number of ether oxygens (including phenoxy) is 3. The highest BCUT2D eigenvalue weighted by Crippen LogP contribution is 2.38. The van der Waals surface area contributed by atoms with E-state index in [9.17, 15) is 14.0 Å². The molecule has 3 aromatic rings. The van der Waals surface area contributed by atoms with Gasteiger partial charge in [-0.05, 0) is 79.5 Å². The van der Waals surface area contributed by atoms with E-state index < -0.39 is 35.3 Å². The summed E-state index contributed by atoms with van der Waals surface area (Å²) in [5.41, 5.74) is 3.17. The zero-order valence-corrected chi connectivity index (χ0v) is 27.9. The van der Waals surface area contributed by atoms with Crippen molar-refractivity contribution in [3.63, 3.8) is 0 Å². The highest BCUT2D eigenvalue weighted by atomic mass is 35.5. The zero-order chi connectivity index (χ0) is 33.1. The Balaban J connectivity index is 1.53. The number of piperidine rings is 1. The molecule has 0 spiro atoms. The van der Waals surface area contributed by atoms with Crippen molar-refractivity contribution in [3.05, 3.63) is 58.2 Å². The van der Waals surface area contributed by atoms with Crippen molar-refractivity contribution >= 4 is 41.2 Å². The van der Waals surface area contributed by atoms with Crippen molar-refractivity contribution in [3.8, 4) is 16.9 Å². The summed E-state index contributed by atoms with van der Waals surface area (Å²) in [6, 6.07) is 4.40. The molecule has 0 saturated carbocycles. The van der Waals surface area contributed by atoms with Gasteiger partial charge in [0.2, 0.25) is 0 Å². The molecule has 1 unspecified atom stereocenters. The Labute approximate surface area is 272 Å². The van der Waals surface area contributed by atoms with Crippen LogP contribution in [-0.2, 0) is 9.47 Å². The largest absolute Gasteiger partial charge is 0.482 e. The van der Waals surface area contributed by atoms with E-state index in [4.69, 9.17) is 37.4 Å². The van der Waals surface area contributed by atoms with Crippen molar-refractivity contribution < 1.29 is 28.2 Å². The number of halogens is 3. The third-order valence-electron chi connectivity index (χ3n) is 6.68. The topological polar surface area (TPSA) is 120 Å². The maximum absolute atomic E-state index is 14.3. The smallest absolute Gasteiger partial charge is 0.422 e. The quantitative estimate of drug-likeness (QED) is 0.244. The van der Waals surface area contributed by atoms with Crippen molar-refractivity contribution in [2.45, 2.75) is 84.7 Å². The van der Waals surface area contributed by atoms with Gasteiger partial charge < -0.3 is 14.2 Å². The van der Waals surface area contributed by atoms with E-state index in [1.165, 1.54) is 12.1 Å². The highest BCUT2D eigenvalue weighted by Gasteiger charge is 2.26. The number of hydrogen-bond donors (Lipinski definition) is 2. The number of carbonyl (C=O) groups excluding carboxylic acids is 2. The number of anilines is 1. The molecule has 14 heteroatoms. The molecule has 0 aliphatic carbocycles. The van der Waals surface area contributed by atoms with Gasteiger partial charge in [-0.1, -0.05) is 23.2 Å². The monoisotopic (exact) mass is 664 g/mol. The lowest BCUT2D eigenvalue weighted by Gasteiger charge is -2.32. The van der Waals surface area contributed by atoms with E-state index in [1.54, 1.807) is 46.2 Å². The van der Waals surface area contributed by atoms with Crippen molar-refractivity contribution in [2.75, 3.05) is 18.4 Å². The molecule has 1 aliphatic rings. The number of hydrogen-bond acceptors (Lipinski definition) is 8. The van der Waals surface area contributed by atoms with E-state index in [0.717, 1.165) is 18.4 Å². The van der Waals surface area contributed by atoms with Gasteiger partial charge in [0.05, 0.1) is 17.3 Å². The molecule has 1 aromatic carbocycles. The van der Waals surface area contributed by atoms with Gasteiger partial charge in [-0.2, -0.15) is 5.10 Å². The second-order valence-corrected chi connectivity index (χ2v) is 13.5. The number of amides is 2. The summed E-state index contributed by atoms with van der Waals surface area (Å²) in [5.74, 6) is -0.346. The predicted octanol–water partition coefficient (Wildman–Crippen LogP) is 7.95. The van der Waals surface area contributed by atoms with Gasteiger partial charge in [0.1, 0.15) is 23.1 Å². The van der Waals surface area contributed by atoms with E-state index in [2.05, 4.69) is 20.8 Å². The minimum Gasteiger partial charge on any atom is -0.482 e. The second kappa shape index (κ2) is 13.8. The molecule has 1 saturated heterocycles. The SMILES string of the molecule is CC(Oc1cc(-c2cnn(C3CCN(NC(=O)OC(C)(C)C)CC3)c2)cnc1NC(=O)OC(C)(C)C)c1c(Cl)ccc(F)c1Cl. The molecule has 45 heavy (non-hydrogen) atoms. The molecule has 3 heterocycles. The molecule has 244 valence electrons. The Hall–Kier alpha value is -3.61. The number of aromatic nitrogens is 3. The Morgan fingerprint density at radius 1 is 1.00 bits per heavy atom. The van der Waals surface area contributed by atoms with E-state index in [0.29, 0.717) is 18.7 Å². The number of rotatable bonds is 7. The summed E-state index contributed by atoms with van der Waals surface area (Å²) in [4.78, 5) is 29.2. The molecule has 1 fully saturated rings. The number of hydrazine groups is 1. The number of nitrogens with zero attached hydrogens (tertiary/aromatic N) is 4. The number of benzene rings is 1. The van der Waals surface area contributed by atoms with Crippen LogP contribution in [-0.4, -0.2) is 56.3 Å². The van der Waals surface area contributed by atoms with Crippen LogP contribution in [0.15, 0.2) is 36.8 Å². The molecule has 4 rings (SSSR count). The van der Waals surface area contributed by atoms with Gasteiger partial charge in [-0.25, -0.2) is 24.0 Å². The summed E-state index contributed by atoms with van der Waals surface area (Å²) in [6.07, 6.45) is 4.73. The summed E-state index contributed by atoms with van der Waals surface area (Å²) < 4.78 is 33.1. The molecule has 2 amide bonds. The molecule has 2 aromatic heterocycles. The van der Waals surface area contributed by atoms with Gasteiger partial charge in [-0.3, -0.25) is 15.4 Å². The maximum Gasteiger partial charge on any atom is 0.422 e. The van der Waals surface area contributed by atoms with Crippen LogP contribution in [0.3, 0.4) is 0 Å². The second-order valence-electron chi connectivity index (χ2n) is 12.8. The van der Waals surface area contributed by atoms with Gasteiger partial charge in [0.25, 0.3) is 0 Å². The number of pyridine rings is 1. The Kier molecular flexibility index (Phi) is 10.5. The van der Waals surface area contributed by atoms with E-state index >= 15 is 0 Å². The zero-order valence-electron chi connectivity index (χ0n) is 26.4.